The summed E-state index contributed by atoms with van der Waals surface area (Å²) in [6.07, 6.45) is 7.67. The van der Waals surface area contributed by atoms with Gasteiger partial charge in [-0.05, 0) is 55.9 Å². The van der Waals surface area contributed by atoms with Crippen LogP contribution < -0.4 is 10.1 Å². The standard InChI is InChI=1S/C15H19NOS/c1-10-15(18)16-13-8-11-6-4-2-3-5-7-12(11)9-14(13)17-10/h8-10H,2-7H2,1H3,(H,16,18). The summed E-state index contributed by atoms with van der Waals surface area (Å²) >= 11 is 5.27. The van der Waals surface area contributed by atoms with Crippen LogP contribution in [-0.4, -0.2) is 11.1 Å². The van der Waals surface area contributed by atoms with E-state index < -0.39 is 0 Å². The van der Waals surface area contributed by atoms with Gasteiger partial charge in [0.05, 0.1) is 5.69 Å². The van der Waals surface area contributed by atoms with Crippen molar-refractivity contribution in [1.82, 2.24) is 0 Å². The summed E-state index contributed by atoms with van der Waals surface area (Å²) in [5.41, 5.74) is 3.99. The Morgan fingerprint density at radius 3 is 2.50 bits per heavy atom. The average Bonchev–Trinajstić information content (AvgIpc) is 2.32. The van der Waals surface area contributed by atoms with Crippen LogP contribution in [0.3, 0.4) is 0 Å². The maximum absolute atomic E-state index is 5.88. The maximum atomic E-state index is 5.88. The molecule has 2 aliphatic rings. The summed E-state index contributed by atoms with van der Waals surface area (Å²) in [7, 11) is 0. The van der Waals surface area contributed by atoms with Crippen LogP contribution in [0.1, 0.15) is 43.7 Å². The minimum atomic E-state index is -0.0147. The first-order valence-electron chi connectivity index (χ1n) is 6.87. The van der Waals surface area contributed by atoms with E-state index in [0.29, 0.717) is 0 Å². The molecule has 1 aromatic carbocycles. The zero-order chi connectivity index (χ0) is 12.5. The van der Waals surface area contributed by atoms with Crippen molar-refractivity contribution in [3.63, 3.8) is 0 Å². The van der Waals surface area contributed by atoms with Gasteiger partial charge in [-0.2, -0.15) is 0 Å². The third-order valence-electron chi connectivity index (χ3n) is 3.87. The quantitative estimate of drug-likeness (QED) is 0.716. The Labute approximate surface area is 114 Å². The van der Waals surface area contributed by atoms with E-state index >= 15 is 0 Å². The van der Waals surface area contributed by atoms with E-state index in [9.17, 15) is 0 Å². The minimum absolute atomic E-state index is 0.0147. The van der Waals surface area contributed by atoms with Crippen LogP contribution in [0.2, 0.25) is 0 Å². The molecule has 0 saturated heterocycles. The minimum Gasteiger partial charge on any atom is -0.481 e. The molecule has 1 aromatic rings. The van der Waals surface area contributed by atoms with E-state index in [1.54, 1.807) is 0 Å². The Balaban J connectivity index is 1.98. The number of hydrogen-bond donors (Lipinski definition) is 1. The molecule has 1 unspecified atom stereocenters. The number of ether oxygens (including phenoxy) is 1. The molecule has 1 aliphatic heterocycles. The number of nitrogens with one attached hydrogen (secondary N) is 1. The van der Waals surface area contributed by atoms with Crippen molar-refractivity contribution in [3.05, 3.63) is 23.3 Å². The lowest BCUT2D eigenvalue weighted by molar-refractivity contribution is 0.285. The fourth-order valence-electron chi connectivity index (χ4n) is 2.79. The summed E-state index contributed by atoms with van der Waals surface area (Å²) in [6, 6.07) is 4.47. The smallest absolute Gasteiger partial charge is 0.146 e. The SMILES string of the molecule is CC1Oc2cc3c(cc2NC1=S)CCCCCC3. The normalized spacial score (nSPS) is 22.9. The average molecular weight is 261 g/mol. The first kappa shape index (κ1) is 12.0. The molecule has 0 fully saturated rings. The highest BCUT2D eigenvalue weighted by Gasteiger charge is 2.22. The number of anilines is 1. The number of fused-ring (bicyclic) bond motifs is 2. The van der Waals surface area contributed by atoms with Crippen molar-refractivity contribution >= 4 is 22.9 Å². The van der Waals surface area contributed by atoms with E-state index in [4.69, 9.17) is 17.0 Å². The highest BCUT2D eigenvalue weighted by atomic mass is 32.1. The molecule has 1 aliphatic carbocycles. The molecule has 96 valence electrons. The molecule has 0 spiro atoms. The predicted molar refractivity (Wildman–Crippen MR) is 78.6 cm³/mol. The van der Waals surface area contributed by atoms with Crippen LogP contribution >= 0.6 is 12.2 Å². The van der Waals surface area contributed by atoms with E-state index in [1.807, 2.05) is 6.92 Å². The number of rotatable bonds is 0. The van der Waals surface area contributed by atoms with Gasteiger partial charge in [0.1, 0.15) is 16.8 Å². The van der Waals surface area contributed by atoms with E-state index in [0.717, 1.165) is 16.4 Å². The van der Waals surface area contributed by atoms with Crippen LogP contribution in [0.15, 0.2) is 12.1 Å². The van der Waals surface area contributed by atoms with Crippen molar-refractivity contribution in [1.29, 1.82) is 0 Å². The van der Waals surface area contributed by atoms with Crippen molar-refractivity contribution in [2.75, 3.05) is 5.32 Å². The molecule has 1 atom stereocenters. The molecule has 1 heterocycles. The molecule has 1 N–H and O–H groups in total. The van der Waals surface area contributed by atoms with Crippen molar-refractivity contribution in [3.8, 4) is 5.75 Å². The number of thiocarbonyl (C=S) groups is 1. The lowest BCUT2D eigenvalue weighted by Gasteiger charge is -2.27. The van der Waals surface area contributed by atoms with E-state index in [-0.39, 0.29) is 6.10 Å². The zero-order valence-corrected chi connectivity index (χ0v) is 11.6. The fraction of sp³-hybridized carbons (Fsp3) is 0.533. The van der Waals surface area contributed by atoms with Gasteiger partial charge in [0.15, 0.2) is 0 Å². The topological polar surface area (TPSA) is 21.3 Å². The van der Waals surface area contributed by atoms with Crippen LogP contribution in [0, 0.1) is 0 Å². The van der Waals surface area contributed by atoms with E-state index in [1.165, 1.54) is 49.7 Å². The second-order valence-corrected chi connectivity index (χ2v) is 5.72. The predicted octanol–water partition coefficient (Wildman–Crippen LogP) is 3.87. The van der Waals surface area contributed by atoms with Gasteiger partial charge >= 0.3 is 0 Å². The third-order valence-corrected chi connectivity index (χ3v) is 4.31. The van der Waals surface area contributed by atoms with Crippen molar-refractivity contribution in [2.45, 2.75) is 51.6 Å². The third kappa shape index (κ3) is 2.24. The zero-order valence-electron chi connectivity index (χ0n) is 10.8. The highest BCUT2D eigenvalue weighted by Crippen LogP contribution is 2.35. The Hall–Kier alpha value is -1.09. The van der Waals surface area contributed by atoms with Crippen molar-refractivity contribution < 1.29 is 4.74 Å². The van der Waals surface area contributed by atoms with Gasteiger partial charge in [0.2, 0.25) is 0 Å². The lowest BCUT2D eigenvalue weighted by Crippen LogP contribution is -2.33. The molecule has 0 radical (unpaired) electrons. The number of hydrogen-bond acceptors (Lipinski definition) is 2. The van der Waals surface area contributed by atoms with Crippen molar-refractivity contribution in [2.24, 2.45) is 0 Å². The monoisotopic (exact) mass is 261 g/mol. The molecule has 2 nitrogen and oxygen atoms in total. The molecule has 0 amide bonds. The molecular formula is C15H19NOS. The van der Waals surface area contributed by atoms with Gasteiger partial charge < -0.3 is 10.1 Å². The fourth-order valence-corrected chi connectivity index (χ4v) is 2.95. The lowest BCUT2D eigenvalue weighted by atomic mass is 9.92. The van der Waals surface area contributed by atoms with Gasteiger partial charge in [-0.25, -0.2) is 0 Å². The Morgan fingerprint density at radius 2 is 1.78 bits per heavy atom. The summed E-state index contributed by atoms with van der Waals surface area (Å²) < 4.78 is 5.88. The summed E-state index contributed by atoms with van der Waals surface area (Å²) in [5.74, 6) is 0.968. The van der Waals surface area contributed by atoms with Crippen LogP contribution in [0.4, 0.5) is 5.69 Å². The first-order chi connectivity index (χ1) is 8.74. The van der Waals surface area contributed by atoms with Crippen LogP contribution in [0.25, 0.3) is 0 Å². The molecular weight excluding hydrogens is 242 g/mol. The van der Waals surface area contributed by atoms with Crippen LogP contribution in [0.5, 0.6) is 5.75 Å². The molecule has 3 heteroatoms. The maximum Gasteiger partial charge on any atom is 0.146 e. The van der Waals surface area contributed by atoms with Gasteiger partial charge in [-0.15, -0.1) is 0 Å². The second kappa shape index (κ2) is 4.88. The van der Waals surface area contributed by atoms with Crippen LogP contribution in [-0.2, 0) is 12.8 Å². The molecule has 0 aromatic heterocycles. The van der Waals surface area contributed by atoms with Gasteiger partial charge in [0.25, 0.3) is 0 Å². The molecule has 0 bridgehead atoms. The Kier molecular flexibility index (Phi) is 3.25. The Morgan fingerprint density at radius 1 is 1.11 bits per heavy atom. The number of benzene rings is 1. The van der Waals surface area contributed by atoms with Gasteiger partial charge in [0, 0.05) is 0 Å². The molecule has 0 saturated carbocycles. The number of aryl methyl sites for hydroxylation is 2. The summed E-state index contributed by atoms with van der Waals surface area (Å²) in [6.45, 7) is 2.00. The molecule has 3 rings (SSSR count). The second-order valence-electron chi connectivity index (χ2n) is 5.28. The summed E-state index contributed by atoms with van der Waals surface area (Å²) in [4.78, 5) is 0.785. The largest absolute Gasteiger partial charge is 0.481 e. The highest BCUT2D eigenvalue weighted by molar-refractivity contribution is 7.80. The molecule has 18 heavy (non-hydrogen) atoms. The first-order valence-corrected chi connectivity index (χ1v) is 7.28. The van der Waals surface area contributed by atoms with Gasteiger partial charge in [-0.3, -0.25) is 0 Å². The van der Waals surface area contributed by atoms with Gasteiger partial charge in [-0.1, -0.05) is 25.1 Å². The summed E-state index contributed by atoms with van der Waals surface area (Å²) in [5, 5.41) is 3.30. The Bertz CT molecular complexity index is 484. The van der Waals surface area contributed by atoms with E-state index in [2.05, 4.69) is 17.4 Å².